The van der Waals surface area contributed by atoms with Gasteiger partial charge in [-0.25, -0.2) is 4.99 Å². The number of amides is 1. The van der Waals surface area contributed by atoms with E-state index in [1.54, 1.807) is 14.1 Å². The van der Waals surface area contributed by atoms with Gasteiger partial charge >= 0.3 is 0 Å². The molecule has 150 valence electrons. The number of aliphatic imine (C=N–C) groups is 1. The summed E-state index contributed by atoms with van der Waals surface area (Å²) >= 11 is 0. The van der Waals surface area contributed by atoms with Gasteiger partial charge in [0.2, 0.25) is 0 Å². The van der Waals surface area contributed by atoms with Gasteiger partial charge in [-0.3, -0.25) is 4.79 Å². The summed E-state index contributed by atoms with van der Waals surface area (Å²) in [6.07, 6.45) is 3.41. The Bertz CT molecular complexity index is 625. The van der Waals surface area contributed by atoms with E-state index in [1.165, 1.54) is 4.90 Å². The first-order chi connectivity index (χ1) is 13.0. The van der Waals surface area contributed by atoms with Gasteiger partial charge < -0.3 is 25.4 Å². The summed E-state index contributed by atoms with van der Waals surface area (Å²) in [5.74, 6) is 1.37. The SMILES string of the molecule is CCNC(=NCc1cccc(OCC(=O)N(C)C)c1)NC1CCC(O)CC1. The van der Waals surface area contributed by atoms with Crippen LogP contribution in [0, 0.1) is 0 Å². The van der Waals surface area contributed by atoms with E-state index in [9.17, 15) is 9.90 Å². The third kappa shape index (κ3) is 7.46. The molecule has 0 radical (unpaired) electrons. The fraction of sp³-hybridized carbons (Fsp3) is 0.600. The fourth-order valence-corrected chi connectivity index (χ4v) is 2.91. The minimum atomic E-state index is -0.162. The third-order valence-corrected chi connectivity index (χ3v) is 4.56. The number of hydrogen-bond donors (Lipinski definition) is 3. The van der Waals surface area contributed by atoms with E-state index < -0.39 is 0 Å². The van der Waals surface area contributed by atoms with Crippen molar-refractivity contribution in [1.29, 1.82) is 0 Å². The lowest BCUT2D eigenvalue weighted by atomic mass is 9.93. The lowest BCUT2D eigenvalue weighted by Gasteiger charge is -2.27. The molecule has 1 fully saturated rings. The molecule has 0 bridgehead atoms. The minimum absolute atomic E-state index is 0.0252. The largest absolute Gasteiger partial charge is 0.484 e. The number of nitrogens with zero attached hydrogens (tertiary/aromatic N) is 2. The Kier molecular flexibility index (Phi) is 8.39. The van der Waals surface area contributed by atoms with Gasteiger partial charge in [-0.1, -0.05) is 12.1 Å². The van der Waals surface area contributed by atoms with Crippen molar-refractivity contribution >= 4 is 11.9 Å². The number of aliphatic hydroxyl groups is 1. The Morgan fingerprint density at radius 3 is 2.70 bits per heavy atom. The molecule has 0 spiro atoms. The predicted molar refractivity (Wildman–Crippen MR) is 107 cm³/mol. The van der Waals surface area contributed by atoms with Crippen LogP contribution in [0.5, 0.6) is 5.75 Å². The lowest BCUT2D eigenvalue weighted by Crippen LogP contribution is -2.45. The summed E-state index contributed by atoms with van der Waals surface area (Å²) in [5, 5.41) is 16.4. The van der Waals surface area contributed by atoms with E-state index in [1.807, 2.05) is 31.2 Å². The van der Waals surface area contributed by atoms with E-state index in [-0.39, 0.29) is 18.6 Å². The number of likely N-dealkylation sites (N-methyl/N-ethyl adjacent to an activating group) is 1. The summed E-state index contributed by atoms with van der Waals surface area (Å²) in [4.78, 5) is 17.8. The Morgan fingerprint density at radius 1 is 1.30 bits per heavy atom. The highest BCUT2D eigenvalue weighted by molar-refractivity contribution is 5.80. The van der Waals surface area contributed by atoms with Gasteiger partial charge in [0.25, 0.3) is 5.91 Å². The average molecular weight is 377 g/mol. The molecule has 1 amide bonds. The second kappa shape index (κ2) is 10.8. The third-order valence-electron chi connectivity index (χ3n) is 4.56. The van der Waals surface area contributed by atoms with Gasteiger partial charge in [-0.05, 0) is 50.3 Å². The molecule has 1 aliphatic carbocycles. The van der Waals surface area contributed by atoms with E-state index in [4.69, 9.17) is 4.74 Å². The highest BCUT2D eigenvalue weighted by Gasteiger charge is 2.19. The van der Waals surface area contributed by atoms with Crippen LogP contribution in [0.3, 0.4) is 0 Å². The zero-order valence-corrected chi connectivity index (χ0v) is 16.6. The van der Waals surface area contributed by atoms with Crippen molar-refractivity contribution in [2.75, 3.05) is 27.2 Å². The molecule has 0 aromatic heterocycles. The molecule has 27 heavy (non-hydrogen) atoms. The Balaban J connectivity index is 1.92. The molecule has 0 saturated heterocycles. The Hall–Kier alpha value is -2.28. The Morgan fingerprint density at radius 2 is 2.04 bits per heavy atom. The van der Waals surface area contributed by atoms with Crippen LogP contribution in [0.1, 0.15) is 38.2 Å². The number of carbonyl (C=O) groups is 1. The summed E-state index contributed by atoms with van der Waals surface area (Å²) < 4.78 is 5.56. The van der Waals surface area contributed by atoms with Crippen molar-refractivity contribution in [1.82, 2.24) is 15.5 Å². The van der Waals surface area contributed by atoms with Crippen molar-refractivity contribution in [3.63, 3.8) is 0 Å². The van der Waals surface area contributed by atoms with E-state index in [0.717, 1.165) is 43.8 Å². The van der Waals surface area contributed by atoms with Crippen molar-refractivity contribution in [3.8, 4) is 5.75 Å². The van der Waals surface area contributed by atoms with Crippen LogP contribution >= 0.6 is 0 Å². The maximum Gasteiger partial charge on any atom is 0.259 e. The second-order valence-corrected chi connectivity index (χ2v) is 7.07. The van der Waals surface area contributed by atoms with E-state index >= 15 is 0 Å². The van der Waals surface area contributed by atoms with Gasteiger partial charge in [0.05, 0.1) is 12.6 Å². The summed E-state index contributed by atoms with van der Waals surface area (Å²) in [6, 6.07) is 7.99. The van der Waals surface area contributed by atoms with E-state index in [2.05, 4.69) is 15.6 Å². The van der Waals surface area contributed by atoms with Crippen molar-refractivity contribution in [2.45, 2.75) is 51.3 Å². The molecule has 1 aromatic rings. The maximum absolute atomic E-state index is 11.6. The number of aliphatic hydroxyl groups excluding tert-OH is 1. The van der Waals surface area contributed by atoms with Gasteiger partial charge in [0.15, 0.2) is 12.6 Å². The van der Waals surface area contributed by atoms with Crippen molar-refractivity contribution < 1.29 is 14.6 Å². The number of hydrogen-bond acceptors (Lipinski definition) is 4. The van der Waals surface area contributed by atoms with Crippen LogP contribution in [0.15, 0.2) is 29.3 Å². The number of ether oxygens (including phenoxy) is 1. The van der Waals surface area contributed by atoms with Crippen LogP contribution < -0.4 is 15.4 Å². The number of guanidine groups is 1. The highest BCUT2D eigenvalue weighted by Crippen LogP contribution is 2.18. The zero-order chi connectivity index (χ0) is 19.6. The van der Waals surface area contributed by atoms with Crippen LogP contribution in [0.2, 0.25) is 0 Å². The summed E-state index contributed by atoms with van der Waals surface area (Å²) in [5.41, 5.74) is 1.01. The number of rotatable bonds is 7. The molecule has 1 saturated carbocycles. The van der Waals surface area contributed by atoms with Crippen LogP contribution in [-0.2, 0) is 11.3 Å². The first-order valence-electron chi connectivity index (χ1n) is 9.62. The molecule has 2 rings (SSSR count). The van der Waals surface area contributed by atoms with Crippen molar-refractivity contribution in [3.05, 3.63) is 29.8 Å². The monoisotopic (exact) mass is 376 g/mol. The molecule has 0 unspecified atom stereocenters. The van der Waals surface area contributed by atoms with Crippen LogP contribution in [0.4, 0.5) is 0 Å². The molecule has 7 heteroatoms. The first kappa shape index (κ1) is 21.0. The van der Waals surface area contributed by atoms with Crippen LogP contribution in [0.25, 0.3) is 0 Å². The van der Waals surface area contributed by atoms with Gasteiger partial charge in [-0.2, -0.15) is 0 Å². The molecule has 0 atom stereocenters. The summed E-state index contributed by atoms with van der Waals surface area (Å²) in [6.45, 7) is 3.37. The average Bonchev–Trinajstić information content (AvgIpc) is 2.66. The molecule has 0 heterocycles. The molecule has 1 aromatic carbocycles. The van der Waals surface area contributed by atoms with Gasteiger partial charge in [0, 0.05) is 26.7 Å². The van der Waals surface area contributed by atoms with Crippen molar-refractivity contribution in [2.24, 2.45) is 4.99 Å². The number of benzene rings is 1. The second-order valence-electron chi connectivity index (χ2n) is 7.07. The quantitative estimate of drug-likeness (QED) is 0.496. The van der Waals surface area contributed by atoms with Crippen LogP contribution in [-0.4, -0.2) is 61.3 Å². The molecule has 7 nitrogen and oxygen atoms in total. The first-order valence-corrected chi connectivity index (χ1v) is 9.62. The Labute approximate surface area is 161 Å². The fourth-order valence-electron chi connectivity index (χ4n) is 2.91. The van der Waals surface area contributed by atoms with Gasteiger partial charge in [-0.15, -0.1) is 0 Å². The molecule has 0 aliphatic heterocycles. The number of carbonyl (C=O) groups excluding carboxylic acids is 1. The molecular formula is C20H32N4O3. The number of nitrogens with one attached hydrogen (secondary N) is 2. The normalized spacial score (nSPS) is 20.1. The van der Waals surface area contributed by atoms with E-state index in [0.29, 0.717) is 18.3 Å². The lowest BCUT2D eigenvalue weighted by molar-refractivity contribution is -0.130. The molecular weight excluding hydrogens is 344 g/mol. The van der Waals surface area contributed by atoms with Gasteiger partial charge in [0.1, 0.15) is 5.75 Å². The zero-order valence-electron chi connectivity index (χ0n) is 16.6. The standard InChI is InChI=1S/C20H32N4O3/c1-4-21-20(23-16-8-10-17(25)11-9-16)22-13-15-6-5-7-18(12-15)27-14-19(26)24(2)3/h5-7,12,16-17,25H,4,8-11,13-14H2,1-3H3,(H2,21,22,23). The summed E-state index contributed by atoms with van der Waals surface area (Å²) in [7, 11) is 3.41. The predicted octanol–water partition coefficient (Wildman–Crippen LogP) is 1.51. The topological polar surface area (TPSA) is 86.2 Å². The molecule has 3 N–H and O–H groups in total. The molecule has 1 aliphatic rings. The highest BCUT2D eigenvalue weighted by atomic mass is 16.5. The minimum Gasteiger partial charge on any atom is -0.484 e. The smallest absolute Gasteiger partial charge is 0.259 e. The maximum atomic E-state index is 11.6.